The molecule has 22 heavy (non-hydrogen) atoms. The summed E-state index contributed by atoms with van der Waals surface area (Å²) in [5.74, 6) is 4.34. The Morgan fingerprint density at radius 1 is 1.23 bits per heavy atom. The normalized spacial score (nSPS) is 51.0. The summed E-state index contributed by atoms with van der Waals surface area (Å²) in [6.07, 6.45) is 11.9. The van der Waals surface area contributed by atoms with Gasteiger partial charge in [0.1, 0.15) is 0 Å². The van der Waals surface area contributed by atoms with Crippen LogP contribution in [0.2, 0.25) is 0 Å². The molecular formula is C21H35N. The van der Waals surface area contributed by atoms with Crippen LogP contribution in [0, 0.1) is 35.0 Å². The van der Waals surface area contributed by atoms with Gasteiger partial charge in [0, 0.05) is 5.54 Å². The maximum atomic E-state index is 4.11. The maximum Gasteiger partial charge on any atom is 0.0181 e. The van der Waals surface area contributed by atoms with E-state index >= 15 is 0 Å². The van der Waals surface area contributed by atoms with E-state index in [9.17, 15) is 0 Å². The highest BCUT2D eigenvalue weighted by Crippen LogP contribution is 2.67. The molecule has 3 saturated carbocycles. The zero-order valence-corrected chi connectivity index (χ0v) is 15.3. The van der Waals surface area contributed by atoms with Crippen molar-refractivity contribution in [2.45, 2.75) is 65.3 Å². The van der Waals surface area contributed by atoms with Gasteiger partial charge in [0.25, 0.3) is 0 Å². The third-order valence-corrected chi connectivity index (χ3v) is 7.81. The first-order valence-corrected chi connectivity index (χ1v) is 9.38. The molecule has 1 heteroatoms. The molecule has 3 fully saturated rings. The molecule has 0 saturated heterocycles. The van der Waals surface area contributed by atoms with Crippen LogP contribution in [0.25, 0.3) is 0 Å². The van der Waals surface area contributed by atoms with Gasteiger partial charge in [-0.2, -0.15) is 0 Å². The third-order valence-electron chi connectivity index (χ3n) is 7.81. The van der Waals surface area contributed by atoms with Crippen molar-refractivity contribution in [3.8, 4) is 0 Å². The molecule has 0 aromatic heterocycles. The zero-order chi connectivity index (χ0) is 16.1. The molecule has 1 N–H and O–H groups in total. The van der Waals surface area contributed by atoms with Gasteiger partial charge in [-0.05, 0) is 88.0 Å². The lowest BCUT2D eigenvalue weighted by molar-refractivity contribution is -0.0418. The van der Waals surface area contributed by atoms with Crippen molar-refractivity contribution in [1.29, 1.82) is 0 Å². The van der Waals surface area contributed by atoms with Crippen LogP contribution in [0.15, 0.2) is 24.3 Å². The van der Waals surface area contributed by atoms with Crippen LogP contribution in [0.5, 0.6) is 0 Å². The van der Waals surface area contributed by atoms with Gasteiger partial charge in [0.15, 0.2) is 0 Å². The minimum atomic E-state index is 0.341. The first kappa shape index (κ1) is 16.3. The lowest BCUT2D eigenvalue weighted by Gasteiger charge is -2.57. The predicted octanol–water partition coefficient (Wildman–Crippen LogP) is 5.20. The fraction of sp³-hybridized carbons (Fsp3) is 0.810. The lowest BCUT2D eigenvalue weighted by Crippen LogP contribution is -2.58. The Hall–Kier alpha value is -0.560. The summed E-state index contributed by atoms with van der Waals surface area (Å²) < 4.78 is 0. The van der Waals surface area contributed by atoms with E-state index in [-0.39, 0.29) is 0 Å². The van der Waals surface area contributed by atoms with Crippen LogP contribution in [-0.4, -0.2) is 12.6 Å². The van der Waals surface area contributed by atoms with Crippen LogP contribution in [0.4, 0.5) is 0 Å². The SMILES string of the molecule is C=C(C)/C=C/[C@]12C[C@H](C)C3CC[C@](C)(NC)[C@@H](CC[C@H]1C)[C@@H]32. The average Bonchev–Trinajstić information content (AvgIpc) is 2.78. The Kier molecular flexibility index (Phi) is 4.08. The summed E-state index contributed by atoms with van der Waals surface area (Å²) in [4.78, 5) is 0. The Bertz CT molecular complexity index is 478. The Balaban J connectivity index is 2.05. The molecule has 0 radical (unpaired) electrons. The van der Waals surface area contributed by atoms with E-state index in [0.717, 1.165) is 29.6 Å². The quantitative estimate of drug-likeness (QED) is 0.707. The molecule has 0 aromatic rings. The largest absolute Gasteiger partial charge is 0.314 e. The fourth-order valence-corrected chi connectivity index (χ4v) is 6.46. The van der Waals surface area contributed by atoms with E-state index in [2.05, 4.69) is 58.8 Å². The van der Waals surface area contributed by atoms with E-state index < -0.39 is 0 Å². The van der Waals surface area contributed by atoms with E-state index in [0.29, 0.717) is 11.0 Å². The number of hydrogen-bond donors (Lipinski definition) is 1. The molecule has 0 spiro atoms. The molecule has 3 rings (SSSR count). The van der Waals surface area contributed by atoms with Gasteiger partial charge in [-0.15, -0.1) is 0 Å². The molecule has 124 valence electrons. The minimum absolute atomic E-state index is 0.341. The van der Waals surface area contributed by atoms with Crippen molar-refractivity contribution in [1.82, 2.24) is 5.32 Å². The Labute approximate surface area is 137 Å². The van der Waals surface area contributed by atoms with Gasteiger partial charge in [-0.1, -0.05) is 38.2 Å². The standard InChI is InChI=1S/C21H35N/c1-14(2)9-12-21-13-15(3)17-10-11-20(5,22-6)18(19(17)21)8-7-16(21)4/h9,12,15-19,22H,1,7-8,10-11,13H2,2-6H3/b12-9+/t15-,16+,17?,18-,19+,20-,21-/m0/s1. The highest BCUT2D eigenvalue weighted by atomic mass is 15.0. The topological polar surface area (TPSA) is 12.0 Å². The first-order valence-electron chi connectivity index (χ1n) is 9.38. The second-order valence-electron chi connectivity index (χ2n) is 8.95. The predicted molar refractivity (Wildman–Crippen MR) is 95.7 cm³/mol. The van der Waals surface area contributed by atoms with E-state index in [4.69, 9.17) is 0 Å². The summed E-state index contributed by atoms with van der Waals surface area (Å²) in [7, 11) is 2.18. The summed E-state index contributed by atoms with van der Waals surface area (Å²) in [6.45, 7) is 13.8. The van der Waals surface area contributed by atoms with E-state index in [1.165, 1.54) is 37.7 Å². The molecule has 3 aliphatic rings. The summed E-state index contributed by atoms with van der Waals surface area (Å²) >= 11 is 0. The Morgan fingerprint density at radius 3 is 2.59 bits per heavy atom. The first-order chi connectivity index (χ1) is 10.3. The second kappa shape index (κ2) is 5.51. The number of hydrogen-bond acceptors (Lipinski definition) is 1. The minimum Gasteiger partial charge on any atom is -0.314 e. The van der Waals surface area contributed by atoms with Gasteiger partial charge in [-0.3, -0.25) is 0 Å². The number of allylic oxidation sites excluding steroid dienone is 3. The molecule has 1 unspecified atom stereocenters. The highest BCUT2D eigenvalue weighted by molar-refractivity contribution is 5.23. The fourth-order valence-electron chi connectivity index (χ4n) is 6.46. The molecular weight excluding hydrogens is 266 g/mol. The monoisotopic (exact) mass is 301 g/mol. The summed E-state index contributed by atoms with van der Waals surface area (Å²) in [6, 6.07) is 0. The Morgan fingerprint density at radius 2 is 1.95 bits per heavy atom. The molecule has 0 heterocycles. The van der Waals surface area contributed by atoms with Gasteiger partial charge in [0.2, 0.25) is 0 Å². The maximum absolute atomic E-state index is 4.11. The third kappa shape index (κ3) is 2.23. The lowest BCUT2D eigenvalue weighted by atomic mass is 9.50. The molecule has 7 atom stereocenters. The van der Waals surface area contributed by atoms with Gasteiger partial charge >= 0.3 is 0 Å². The second-order valence-corrected chi connectivity index (χ2v) is 8.95. The van der Waals surface area contributed by atoms with Crippen molar-refractivity contribution in [2.24, 2.45) is 35.0 Å². The van der Waals surface area contributed by atoms with Crippen LogP contribution in [-0.2, 0) is 0 Å². The zero-order valence-electron chi connectivity index (χ0n) is 15.3. The van der Waals surface area contributed by atoms with Crippen LogP contribution >= 0.6 is 0 Å². The highest BCUT2D eigenvalue weighted by Gasteiger charge is 2.62. The summed E-state index contributed by atoms with van der Waals surface area (Å²) in [5.41, 5.74) is 1.96. The number of nitrogens with one attached hydrogen (secondary N) is 1. The van der Waals surface area contributed by atoms with Crippen molar-refractivity contribution >= 4 is 0 Å². The van der Waals surface area contributed by atoms with Gasteiger partial charge in [-0.25, -0.2) is 0 Å². The van der Waals surface area contributed by atoms with E-state index in [1.807, 2.05) is 0 Å². The van der Waals surface area contributed by atoms with Crippen molar-refractivity contribution in [3.05, 3.63) is 24.3 Å². The molecule has 0 aliphatic heterocycles. The van der Waals surface area contributed by atoms with Gasteiger partial charge in [0.05, 0.1) is 0 Å². The molecule has 1 nitrogen and oxygen atoms in total. The molecule has 0 amide bonds. The van der Waals surface area contributed by atoms with Crippen molar-refractivity contribution < 1.29 is 0 Å². The van der Waals surface area contributed by atoms with Crippen LogP contribution < -0.4 is 5.32 Å². The average molecular weight is 302 g/mol. The van der Waals surface area contributed by atoms with Crippen LogP contribution in [0.1, 0.15) is 59.8 Å². The van der Waals surface area contributed by atoms with Crippen LogP contribution in [0.3, 0.4) is 0 Å². The number of rotatable bonds is 3. The van der Waals surface area contributed by atoms with Crippen molar-refractivity contribution in [2.75, 3.05) is 7.05 Å². The molecule has 0 aromatic carbocycles. The van der Waals surface area contributed by atoms with E-state index in [1.54, 1.807) is 0 Å². The molecule has 3 aliphatic carbocycles. The smallest absolute Gasteiger partial charge is 0.0181 e. The van der Waals surface area contributed by atoms with Crippen molar-refractivity contribution in [3.63, 3.8) is 0 Å². The summed E-state index contributed by atoms with van der Waals surface area (Å²) in [5, 5.41) is 3.72. The molecule has 0 bridgehead atoms. The van der Waals surface area contributed by atoms with Gasteiger partial charge < -0.3 is 5.32 Å².